The van der Waals surface area contributed by atoms with Gasteiger partial charge in [0.1, 0.15) is 5.75 Å². The monoisotopic (exact) mass is 1870 g/mol. The minimum atomic E-state index is -4.41. The molecule has 0 spiro atoms. The van der Waals surface area contributed by atoms with Gasteiger partial charge in [-0.15, -0.1) is 23.1 Å². The number of anilines is 3. The lowest BCUT2D eigenvalue weighted by molar-refractivity contribution is -0.892. The number of piperidine rings is 1. The standard InChI is InChI=1S/C26H28N2.C20H24N.C18H24O3.C17H13N3O5S2.C12H15N3O2S.C8H15NO2.CH4O4S/c1-4-11-23(12-5-1)13-10-18-27-19-21-28(22-20-27)26(24-14-6-2-7-15-24)25-16-8-3-9-17-25;1-21(2)15-13-19(14-16-21)20(17-9-5-3-6-10-17)18-11-7-4-8-12-18;1-18-7-6-13-12-5-3-11(19)8-10(12)2-4-14(13)15(18)9-16(20)17(18)21;21-15(13-3-1-2-4-14(13)16(22)23)19-11-5-7-12(8-6-11)27(24,25)20-17-18-9-10-26-17;1-3-6-18-8-4-5-9-10(7-8)14-11(13-9)15-12(16)17-2;9-5-6-1-3-7(4-2-6)8(10)11;1-5-6(2,3)4/h1-17,26H,18-22H2;3-12H,13-16H2,1-2H3;3,5,8,13-17,19-21H,2,4,6-7,9H2,1H3;1-10H,(H,18,20)(H,19,21)(H,22,23);4-5,7H,3,6H2,1-2H3,(H2,13,14,15,16);6-7H,1-5,9H2,(H,10,11);1H3,(H,2,3,4)/q;+1;;;;;/p-1/b13-10+;;;;;;/t;;13-,14-,15+,16-,17+,18+;;;6-,7-;/m..1..../s1. The van der Waals surface area contributed by atoms with E-state index in [4.69, 9.17) is 15.9 Å². The van der Waals surface area contributed by atoms with Crippen molar-refractivity contribution in [3.8, 4) is 5.75 Å². The van der Waals surface area contributed by atoms with Crippen molar-refractivity contribution >= 4 is 107 Å². The number of nitrogens with zero attached hydrogens (tertiary/aromatic N) is 5. The molecule has 6 aliphatic rings. The van der Waals surface area contributed by atoms with Crippen LogP contribution >= 0.6 is 23.1 Å². The van der Waals surface area contributed by atoms with Gasteiger partial charge in [0.05, 0.1) is 92.6 Å². The molecule has 4 heterocycles. The number of aliphatic carboxylic acids is 1. The minimum Gasteiger partial charge on any atom is -0.726 e. The number of hydrogen-bond acceptors (Lipinski definition) is 21. The van der Waals surface area contributed by atoms with E-state index >= 15 is 0 Å². The van der Waals surface area contributed by atoms with Gasteiger partial charge in [-0.3, -0.25) is 33.6 Å². The van der Waals surface area contributed by atoms with E-state index in [0.29, 0.717) is 53.6 Å². The van der Waals surface area contributed by atoms with Crippen LogP contribution in [-0.4, -0.2) is 199 Å². The summed E-state index contributed by atoms with van der Waals surface area (Å²) in [6.07, 6.45) is 16.4. The highest BCUT2D eigenvalue weighted by Gasteiger charge is 2.58. The molecule has 0 unspecified atom stereocenters. The molecular formula is C102H122N10O16S4. The number of aromatic amines is 1. The fraction of sp³-hybridized carbons (Fsp3) is 0.353. The zero-order valence-corrected chi connectivity index (χ0v) is 78.7. The molecule has 30 heteroatoms. The third kappa shape index (κ3) is 29.1. The molecule has 5 fully saturated rings. The van der Waals surface area contributed by atoms with Crippen LogP contribution in [0.5, 0.6) is 5.75 Å². The number of aromatic carboxylic acids is 1. The second kappa shape index (κ2) is 49.0. The molecule has 0 radical (unpaired) electrons. The number of amides is 2. The highest BCUT2D eigenvalue weighted by atomic mass is 32.3. The number of thioether (sulfide) groups is 1. The number of quaternary nitrogens is 1. The number of carboxylic acid groups (broad SMARTS) is 2. The number of thiazole rings is 1. The predicted octanol–water partition coefficient (Wildman–Crippen LogP) is 18.1. The average Bonchev–Trinajstić information content (AvgIpc) is 1.53. The summed E-state index contributed by atoms with van der Waals surface area (Å²) in [6, 6.07) is 77.5. The molecule has 9 aromatic carbocycles. The van der Waals surface area contributed by atoms with Gasteiger partial charge >= 0.3 is 18.0 Å². The zero-order chi connectivity index (χ0) is 94.4. The number of phenolic OH excluding ortho intramolecular Hbond substituents is 1. The lowest BCUT2D eigenvalue weighted by Gasteiger charge is -2.49. The molecule has 4 aliphatic carbocycles. The van der Waals surface area contributed by atoms with E-state index in [1.807, 2.05) is 24.3 Å². The Kier molecular flexibility index (Phi) is 37.6. The number of carboxylic acids is 2. The highest BCUT2D eigenvalue weighted by molar-refractivity contribution is 7.99. The Balaban J connectivity index is 0.000000153. The number of carbonyl (C=O) groups is 4. The number of aliphatic hydroxyl groups is 2. The first-order valence-electron chi connectivity index (χ1n) is 44.6. The summed E-state index contributed by atoms with van der Waals surface area (Å²) < 4.78 is 63.6. The molecular weight excluding hydrogens is 1750 g/mol. The van der Waals surface area contributed by atoms with Crippen LogP contribution < -0.4 is 21.1 Å². The molecule has 2 saturated heterocycles. The Hall–Kier alpha value is -11.2. The van der Waals surface area contributed by atoms with Crippen molar-refractivity contribution in [2.75, 3.05) is 102 Å². The number of aromatic hydroxyl groups is 1. The van der Waals surface area contributed by atoms with Gasteiger partial charge in [0.2, 0.25) is 16.3 Å². The Bertz CT molecular complexity index is 5720. The van der Waals surface area contributed by atoms with Gasteiger partial charge in [-0.25, -0.2) is 36.4 Å². The van der Waals surface area contributed by atoms with E-state index in [0.717, 1.165) is 137 Å². The van der Waals surface area contributed by atoms with Crippen LogP contribution in [0, 0.1) is 29.1 Å². The molecule has 2 amide bonds. The van der Waals surface area contributed by atoms with E-state index < -0.39 is 56.6 Å². The van der Waals surface area contributed by atoms with Crippen molar-refractivity contribution in [3.63, 3.8) is 0 Å². The number of phenols is 1. The normalized spacial score (nSPS) is 20.2. The number of sulfonamides is 1. The highest BCUT2D eigenvalue weighted by Crippen LogP contribution is 2.61. The van der Waals surface area contributed by atoms with Crippen LogP contribution in [0.2, 0.25) is 0 Å². The topological polar surface area (TPSA) is 389 Å². The van der Waals surface area contributed by atoms with Gasteiger partial charge < -0.3 is 55.3 Å². The second-order valence-corrected chi connectivity index (χ2v) is 39.3. The fourth-order valence-corrected chi connectivity index (χ4v) is 20.7. The number of fused-ring (bicyclic) bond motifs is 6. The number of likely N-dealkylation sites (tertiary alicyclic amines) is 1. The van der Waals surface area contributed by atoms with E-state index in [2.05, 4.69) is 247 Å². The molecule has 132 heavy (non-hydrogen) atoms. The van der Waals surface area contributed by atoms with Crippen LogP contribution in [0.1, 0.15) is 156 Å². The molecule has 17 rings (SSSR count). The first-order chi connectivity index (χ1) is 63.4. The number of imidazole rings is 1. The second-order valence-electron chi connectivity index (χ2n) is 34.4. The summed E-state index contributed by atoms with van der Waals surface area (Å²) in [5.74, 6) is 1.38. The van der Waals surface area contributed by atoms with E-state index in [-0.39, 0.29) is 32.5 Å². The Morgan fingerprint density at radius 3 is 1.85 bits per heavy atom. The maximum absolute atomic E-state index is 12.3. The third-order valence-corrected chi connectivity index (χ3v) is 29.0. The van der Waals surface area contributed by atoms with Gasteiger partial charge in [-0.1, -0.05) is 201 Å². The first kappa shape index (κ1) is 101. The lowest BCUT2D eigenvalue weighted by Crippen LogP contribution is -2.47. The van der Waals surface area contributed by atoms with Crippen molar-refractivity contribution in [3.05, 3.63) is 310 Å². The largest absolute Gasteiger partial charge is 0.726 e. The van der Waals surface area contributed by atoms with Gasteiger partial charge in [0.15, 0.2) is 5.13 Å². The molecule has 2 aliphatic heterocycles. The smallest absolute Gasteiger partial charge is 0.413 e. The zero-order valence-electron chi connectivity index (χ0n) is 75.5. The van der Waals surface area contributed by atoms with E-state index in [1.54, 1.807) is 34.8 Å². The third-order valence-electron chi connectivity index (χ3n) is 25.2. The maximum atomic E-state index is 12.3. The van der Waals surface area contributed by atoms with Crippen LogP contribution in [0.15, 0.2) is 270 Å². The fourth-order valence-electron chi connectivity index (χ4n) is 18.1. The number of hydrogen-bond donors (Lipinski definition) is 10. The van der Waals surface area contributed by atoms with Gasteiger partial charge in [0.25, 0.3) is 15.9 Å². The molecule has 0 bridgehead atoms. The summed E-state index contributed by atoms with van der Waals surface area (Å²) in [6.45, 7) is 12.9. The molecule has 11 aromatic rings. The molecule has 6 atom stereocenters. The molecule has 700 valence electrons. The summed E-state index contributed by atoms with van der Waals surface area (Å²) in [5.41, 5.74) is 19.8. The number of aryl methyl sites for hydroxylation is 1. The van der Waals surface area contributed by atoms with Crippen LogP contribution in [0.25, 0.3) is 22.7 Å². The number of nitrogens with one attached hydrogen (secondary N) is 4. The van der Waals surface area contributed by atoms with Gasteiger partial charge in [-0.05, 0) is 217 Å². The van der Waals surface area contributed by atoms with Crippen LogP contribution in [0.3, 0.4) is 0 Å². The predicted molar refractivity (Wildman–Crippen MR) is 521 cm³/mol. The van der Waals surface area contributed by atoms with Crippen molar-refractivity contribution < 1.29 is 79.5 Å². The molecule has 11 N–H and O–H groups in total. The Morgan fingerprint density at radius 2 is 1.30 bits per heavy atom. The maximum Gasteiger partial charge on any atom is 0.413 e. The van der Waals surface area contributed by atoms with Crippen molar-refractivity contribution in [2.45, 2.75) is 125 Å². The Labute approximate surface area is 783 Å². The minimum absolute atomic E-state index is 0.00151. The number of aliphatic hydroxyl groups excluding tert-OH is 2. The van der Waals surface area contributed by atoms with Crippen LogP contribution in [0.4, 0.5) is 21.6 Å². The number of ether oxygens (including phenoxy) is 1. The summed E-state index contributed by atoms with van der Waals surface area (Å²) in [4.78, 5) is 62.6. The number of rotatable bonds is 21. The van der Waals surface area contributed by atoms with Crippen molar-refractivity contribution in [1.29, 1.82) is 0 Å². The number of methoxy groups -OCH3 is 1. The van der Waals surface area contributed by atoms with Crippen molar-refractivity contribution in [2.24, 2.45) is 34.8 Å². The number of nitrogens with two attached hydrogens (primary N) is 1. The molecule has 2 aromatic heterocycles. The quantitative estimate of drug-likeness (QED) is 0.0138. The number of H-pyrrole nitrogens is 1. The SMILES string of the molecule is C(=C\c1ccccc1)/CN1CCN(C(c2ccccc2)c2ccccc2)CC1.CCCSc1ccc2[nH]c(NC(=O)OC)nc2c1.COS(=O)(=O)[O-].C[C@]12CC[C@@H]3c4ccc(O)cc4CC[C@H]3[C@@H]1C[C@@H](O)[C@@H]2O.C[N+]1(C)CCC(=C(c2ccccc2)c2ccccc2)CC1.NC[C@H]1CC[C@H](C(=O)O)CC1.O=C(O)c1ccccc1C(=O)Nc1ccc(S(=O)(=O)Nc2nccs2)cc1. The number of aromatic nitrogens is 3. The molecule has 26 nitrogen and oxygen atoms in total. The summed E-state index contributed by atoms with van der Waals surface area (Å²) in [5, 5.41) is 55.0. The number of piperazine rings is 1. The molecule has 3 saturated carbocycles. The van der Waals surface area contributed by atoms with Crippen molar-refractivity contribution in [1.82, 2.24) is 24.8 Å². The number of benzene rings is 9. The lowest BCUT2D eigenvalue weighted by atomic mass is 9.55. The summed E-state index contributed by atoms with van der Waals surface area (Å²) >= 11 is 2.95. The average molecular weight is 1870 g/mol. The first-order valence-corrected chi connectivity index (χ1v) is 49.3. The number of carbonyl (C=O) groups excluding carboxylic acids is 2. The summed E-state index contributed by atoms with van der Waals surface area (Å²) in [7, 11) is -1.41. The van der Waals surface area contributed by atoms with E-state index in [1.165, 1.54) is 131 Å². The Morgan fingerprint density at radius 1 is 0.712 bits per heavy atom. The van der Waals surface area contributed by atoms with Gasteiger partial charge in [-0.2, -0.15) is 0 Å². The van der Waals surface area contributed by atoms with Crippen LogP contribution in [-0.2, 0) is 40.6 Å². The van der Waals surface area contributed by atoms with Gasteiger partial charge in [0, 0.05) is 67.7 Å². The van der Waals surface area contributed by atoms with E-state index in [9.17, 15) is 55.9 Å².